The van der Waals surface area contributed by atoms with E-state index in [0.29, 0.717) is 28.2 Å². The van der Waals surface area contributed by atoms with Crippen LogP contribution in [-0.4, -0.2) is 83.3 Å². The minimum absolute atomic E-state index is 0.0938. The summed E-state index contributed by atoms with van der Waals surface area (Å²) in [5, 5.41) is 44.9. The number of hydrogen-bond donors (Lipinski definition) is 5. The van der Waals surface area contributed by atoms with E-state index >= 15 is 0 Å². The van der Waals surface area contributed by atoms with Crippen LogP contribution in [-0.2, 0) is 4.79 Å². The number of carbonyl (C=O) groups is 1. The van der Waals surface area contributed by atoms with E-state index in [4.69, 9.17) is 5.11 Å². The van der Waals surface area contributed by atoms with Crippen LogP contribution >= 0.6 is 11.8 Å². The lowest BCUT2D eigenvalue weighted by molar-refractivity contribution is -0.129. The van der Waals surface area contributed by atoms with Gasteiger partial charge in [0.25, 0.3) is 0 Å². The molecule has 3 unspecified atom stereocenters. The van der Waals surface area contributed by atoms with Crippen molar-refractivity contribution in [1.82, 2.24) is 30.3 Å². The van der Waals surface area contributed by atoms with Gasteiger partial charge in [0.15, 0.2) is 22.1 Å². The highest BCUT2D eigenvalue weighted by atomic mass is 32.2. The summed E-state index contributed by atoms with van der Waals surface area (Å²) >= 11 is 1.54. The van der Waals surface area contributed by atoms with E-state index in [1.807, 2.05) is 0 Å². The number of rotatable bonds is 9. The molecular formula is C18H27N7O4S. The average Bonchev–Trinajstić information content (AvgIpc) is 3.38. The first-order valence-corrected chi connectivity index (χ1v) is 11.3. The zero-order valence-electron chi connectivity index (χ0n) is 16.7. The normalized spacial score (nSPS) is 26.3. The summed E-state index contributed by atoms with van der Waals surface area (Å²) in [6.07, 6.45) is 0.886. The molecule has 5 N–H and O–H groups in total. The summed E-state index contributed by atoms with van der Waals surface area (Å²) in [6.45, 7) is 1.98. The van der Waals surface area contributed by atoms with Crippen molar-refractivity contribution in [3.8, 4) is 0 Å². The lowest BCUT2D eigenvalue weighted by atomic mass is 10.0. The van der Waals surface area contributed by atoms with Gasteiger partial charge < -0.3 is 26.0 Å². The summed E-state index contributed by atoms with van der Waals surface area (Å²) in [6, 6.07) is -0.279. The van der Waals surface area contributed by atoms with Crippen molar-refractivity contribution in [3.63, 3.8) is 0 Å². The monoisotopic (exact) mass is 437 g/mol. The number of anilines is 1. The first kappa shape index (κ1) is 21.2. The van der Waals surface area contributed by atoms with E-state index in [1.54, 1.807) is 0 Å². The first-order valence-electron chi connectivity index (χ1n) is 10.3. The first-order chi connectivity index (χ1) is 14.5. The van der Waals surface area contributed by atoms with Crippen LogP contribution in [0.4, 0.5) is 5.82 Å². The third-order valence-electron chi connectivity index (χ3n) is 5.37. The predicted molar refractivity (Wildman–Crippen MR) is 110 cm³/mol. The van der Waals surface area contributed by atoms with Gasteiger partial charge in [-0.25, -0.2) is 14.6 Å². The Labute approximate surface area is 177 Å². The van der Waals surface area contributed by atoms with Crippen LogP contribution in [0, 0.1) is 5.92 Å². The second-order valence-corrected chi connectivity index (χ2v) is 8.80. The van der Waals surface area contributed by atoms with Crippen molar-refractivity contribution >= 4 is 34.7 Å². The fourth-order valence-electron chi connectivity index (χ4n) is 3.63. The smallest absolute Gasteiger partial charge is 0.225 e. The van der Waals surface area contributed by atoms with Crippen LogP contribution in [0.25, 0.3) is 11.2 Å². The van der Waals surface area contributed by atoms with Crippen LogP contribution < -0.4 is 10.6 Å². The Morgan fingerprint density at radius 3 is 2.77 bits per heavy atom. The number of fused-ring (bicyclic) bond motifs is 1. The largest absolute Gasteiger partial charge is 0.395 e. The summed E-state index contributed by atoms with van der Waals surface area (Å²) < 4.78 is 1.50. The SMILES string of the molecule is CCCSc1nc(NC2CC2)c2nnn(C3C[C@H](C(=O)NCCO)C(O)C3O)c2n1. The molecule has 4 rings (SSSR count). The maximum Gasteiger partial charge on any atom is 0.225 e. The van der Waals surface area contributed by atoms with E-state index in [-0.39, 0.29) is 19.6 Å². The summed E-state index contributed by atoms with van der Waals surface area (Å²) in [4.78, 5) is 21.5. The Hall–Kier alpha value is -2.02. The second kappa shape index (κ2) is 9.00. The Kier molecular flexibility index (Phi) is 6.37. The maximum absolute atomic E-state index is 12.3. The van der Waals surface area contributed by atoms with E-state index in [0.717, 1.165) is 25.0 Å². The zero-order valence-corrected chi connectivity index (χ0v) is 17.5. The van der Waals surface area contributed by atoms with Crippen molar-refractivity contribution in [2.24, 2.45) is 5.92 Å². The van der Waals surface area contributed by atoms with Crippen LogP contribution in [0.3, 0.4) is 0 Å². The van der Waals surface area contributed by atoms with E-state index < -0.39 is 30.1 Å². The molecule has 2 aromatic heterocycles. The van der Waals surface area contributed by atoms with Gasteiger partial charge in [-0.3, -0.25) is 4.79 Å². The van der Waals surface area contributed by atoms with Gasteiger partial charge in [-0.15, -0.1) is 5.10 Å². The van der Waals surface area contributed by atoms with Gasteiger partial charge in [-0.2, -0.15) is 0 Å². The quantitative estimate of drug-likeness (QED) is 0.260. The molecule has 2 aromatic rings. The van der Waals surface area contributed by atoms with Gasteiger partial charge in [0.2, 0.25) is 5.91 Å². The molecule has 2 saturated carbocycles. The molecule has 0 spiro atoms. The number of aliphatic hydroxyl groups is 3. The van der Waals surface area contributed by atoms with Gasteiger partial charge in [-0.05, 0) is 25.7 Å². The number of thioether (sulfide) groups is 1. The molecule has 2 fully saturated rings. The predicted octanol–water partition coefficient (Wildman–Crippen LogP) is -0.311. The van der Waals surface area contributed by atoms with Crippen molar-refractivity contribution < 1.29 is 20.1 Å². The summed E-state index contributed by atoms with van der Waals surface area (Å²) in [7, 11) is 0. The van der Waals surface area contributed by atoms with E-state index in [1.165, 1.54) is 16.4 Å². The molecule has 0 aliphatic heterocycles. The fraction of sp³-hybridized carbons (Fsp3) is 0.722. The van der Waals surface area contributed by atoms with Crippen molar-refractivity contribution in [1.29, 1.82) is 0 Å². The summed E-state index contributed by atoms with van der Waals surface area (Å²) in [5.74, 6) is 0.272. The lowest BCUT2D eigenvalue weighted by Crippen LogP contribution is -2.39. The molecule has 2 aliphatic carbocycles. The minimum Gasteiger partial charge on any atom is -0.395 e. The number of hydrogen-bond acceptors (Lipinski definition) is 10. The number of nitrogens with one attached hydrogen (secondary N) is 2. The molecule has 30 heavy (non-hydrogen) atoms. The third-order valence-corrected chi connectivity index (χ3v) is 6.42. The van der Waals surface area contributed by atoms with Gasteiger partial charge in [0.1, 0.15) is 6.10 Å². The fourth-order valence-corrected chi connectivity index (χ4v) is 4.33. The van der Waals surface area contributed by atoms with Crippen LogP contribution in [0.2, 0.25) is 0 Å². The highest BCUT2D eigenvalue weighted by molar-refractivity contribution is 7.99. The van der Waals surface area contributed by atoms with Crippen LogP contribution in [0.5, 0.6) is 0 Å². The number of carbonyl (C=O) groups excluding carboxylic acids is 1. The Bertz CT molecular complexity index is 906. The standard InChI is InChI=1S/C18H27N7O4S/c1-2-7-30-18-21-15(20-9-3-4-9)12-16(22-18)25(24-23-12)11-8-10(13(27)14(11)28)17(29)19-5-6-26/h9-11,13-14,26-28H,2-8H2,1H3,(H,19,29)(H,20,21,22)/t10-,11?,13?,14?/m0/s1. The topological polar surface area (TPSA) is 158 Å². The van der Waals surface area contributed by atoms with Gasteiger partial charge in [-0.1, -0.05) is 23.9 Å². The molecule has 2 aliphatic rings. The molecule has 11 nitrogen and oxygen atoms in total. The van der Waals surface area contributed by atoms with Gasteiger partial charge >= 0.3 is 0 Å². The van der Waals surface area contributed by atoms with Gasteiger partial charge in [0, 0.05) is 18.3 Å². The summed E-state index contributed by atoms with van der Waals surface area (Å²) in [5.41, 5.74) is 0.983. The molecule has 0 aromatic carbocycles. The molecule has 0 radical (unpaired) electrons. The van der Waals surface area contributed by atoms with Crippen LogP contribution in [0.1, 0.15) is 38.6 Å². The van der Waals surface area contributed by atoms with E-state index in [9.17, 15) is 15.0 Å². The molecule has 2 heterocycles. The number of amides is 1. The molecular weight excluding hydrogens is 410 g/mol. The number of nitrogens with zero attached hydrogens (tertiary/aromatic N) is 5. The van der Waals surface area contributed by atoms with Crippen molar-refractivity contribution in [3.05, 3.63) is 0 Å². The Morgan fingerprint density at radius 2 is 2.07 bits per heavy atom. The molecule has 12 heteroatoms. The van der Waals surface area contributed by atoms with Gasteiger partial charge in [0.05, 0.1) is 24.7 Å². The van der Waals surface area contributed by atoms with E-state index in [2.05, 4.69) is 37.8 Å². The van der Waals surface area contributed by atoms with Crippen LogP contribution in [0.15, 0.2) is 5.16 Å². The molecule has 164 valence electrons. The Balaban J connectivity index is 1.65. The number of aromatic nitrogens is 5. The zero-order chi connectivity index (χ0) is 21.3. The number of aliphatic hydroxyl groups excluding tert-OH is 3. The highest BCUT2D eigenvalue weighted by Gasteiger charge is 2.47. The minimum atomic E-state index is -1.24. The van der Waals surface area contributed by atoms with Crippen molar-refractivity contribution in [2.45, 2.75) is 62.1 Å². The lowest BCUT2D eigenvalue weighted by Gasteiger charge is -2.17. The third kappa shape index (κ3) is 4.22. The average molecular weight is 438 g/mol. The maximum atomic E-state index is 12.3. The Morgan fingerprint density at radius 1 is 1.27 bits per heavy atom. The molecule has 0 saturated heterocycles. The molecule has 1 amide bonds. The highest BCUT2D eigenvalue weighted by Crippen LogP contribution is 2.37. The molecule has 0 bridgehead atoms. The second-order valence-electron chi connectivity index (χ2n) is 7.73. The molecule has 4 atom stereocenters. The van der Waals surface area contributed by atoms with Crippen molar-refractivity contribution in [2.75, 3.05) is 24.2 Å².